The van der Waals surface area contributed by atoms with Crippen LogP contribution in [0.15, 0.2) is 23.1 Å². The molecule has 1 aromatic carbocycles. The summed E-state index contributed by atoms with van der Waals surface area (Å²) in [7, 11) is -3.94. The van der Waals surface area contributed by atoms with Gasteiger partial charge in [-0.25, -0.2) is 8.42 Å². The van der Waals surface area contributed by atoms with E-state index in [4.69, 9.17) is 5.73 Å². The first kappa shape index (κ1) is 16.1. The van der Waals surface area contributed by atoms with Crippen LogP contribution in [0, 0.1) is 12.8 Å². The molecule has 1 unspecified atom stereocenters. The third kappa shape index (κ3) is 3.32. The minimum absolute atomic E-state index is 0.0362. The highest BCUT2D eigenvalue weighted by Gasteiger charge is 2.44. The molecule has 4 nitrogen and oxygen atoms in total. The molecule has 0 bridgehead atoms. The molecular weight excluding hydrogens is 305 g/mol. The van der Waals surface area contributed by atoms with Crippen LogP contribution in [-0.4, -0.2) is 32.0 Å². The number of rotatable bonds is 2. The van der Waals surface area contributed by atoms with E-state index in [1.165, 1.54) is 12.1 Å². The molecule has 0 radical (unpaired) electrons. The van der Waals surface area contributed by atoms with Crippen molar-refractivity contribution in [3.63, 3.8) is 0 Å². The quantitative estimate of drug-likeness (QED) is 0.851. The second-order valence-corrected chi connectivity index (χ2v) is 7.20. The number of benzene rings is 1. The molecule has 0 aromatic heterocycles. The summed E-state index contributed by atoms with van der Waals surface area (Å²) in [5.41, 5.74) is 6.71. The van der Waals surface area contributed by atoms with Gasteiger partial charge in [0.2, 0.25) is 10.0 Å². The number of sulfonamides is 1. The Hall–Kier alpha value is -1.28. The number of nitrogens with two attached hydrogens (primary N) is 1. The molecule has 1 aromatic rings. The Bertz CT molecular complexity index is 629. The molecule has 2 rings (SSSR count). The molecule has 118 valence electrons. The zero-order valence-electron chi connectivity index (χ0n) is 11.5. The van der Waals surface area contributed by atoms with Crippen molar-refractivity contribution in [3.05, 3.63) is 23.8 Å². The average Bonchev–Trinajstić information content (AvgIpc) is 2.41. The van der Waals surface area contributed by atoms with Gasteiger partial charge in [0.05, 0.1) is 10.8 Å². The van der Waals surface area contributed by atoms with Gasteiger partial charge in [0.25, 0.3) is 0 Å². The van der Waals surface area contributed by atoms with Gasteiger partial charge in [0, 0.05) is 18.8 Å². The molecule has 0 amide bonds. The van der Waals surface area contributed by atoms with Crippen molar-refractivity contribution in [2.24, 2.45) is 5.92 Å². The number of hydrogen-bond acceptors (Lipinski definition) is 3. The lowest BCUT2D eigenvalue weighted by Crippen LogP contribution is -2.44. The number of aryl methyl sites for hydroxylation is 1. The van der Waals surface area contributed by atoms with Crippen LogP contribution in [-0.2, 0) is 10.0 Å². The fraction of sp³-hybridized carbons (Fsp3) is 0.538. The Kier molecular flexibility index (Phi) is 4.21. The maximum Gasteiger partial charge on any atom is 0.393 e. The van der Waals surface area contributed by atoms with Gasteiger partial charge in [-0.05, 0) is 37.5 Å². The van der Waals surface area contributed by atoms with Crippen LogP contribution in [0.25, 0.3) is 0 Å². The number of piperidine rings is 1. The van der Waals surface area contributed by atoms with Crippen molar-refractivity contribution >= 4 is 15.7 Å². The van der Waals surface area contributed by atoms with E-state index in [0.29, 0.717) is 5.69 Å². The fourth-order valence-corrected chi connectivity index (χ4v) is 3.92. The summed E-state index contributed by atoms with van der Waals surface area (Å²) >= 11 is 0. The number of halogens is 3. The lowest BCUT2D eigenvalue weighted by Gasteiger charge is -2.32. The van der Waals surface area contributed by atoms with Crippen LogP contribution in [0.1, 0.15) is 18.4 Å². The highest BCUT2D eigenvalue weighted by Crippen LogP contribution is 2.35. The average molecular weight is 322 g/mol. The number of nitrogens with zero attached hydrogens (tertiary/aromatic N) is 1. The Labute approximate surface area is 121 Å². The van der Waals surface area contributed by atoms with Crippen LogP contribution < -0.4 is 5.73 Å². The van der Waals surface area contributed by atoms with Crippen molar-refractivity contribution in [3.8, 4) is 0 Å². The fourth-order valence-electron chi connectivity index (χ4n) is 2.36. The van der Waals surface area contributed by atoms with Crippen LogP contribution in [0.3, 0.4) is 0 Å². The van der Waals surface area contributed by atoms with Crippen molar-refractivity contribution in [1.29, 1.82) is 0 Å². The van der Waals surface area contributed by atoms with E-state index in [0.717, 1.165) is 9.87 Å². The van der Waals surface area contributed by atoms with Gasteiger partial charge in [-0.1, -0.05) is 6.07 Å². The lowest BCUT2D eigenvalue weighted by molar-refractivity contribution is -0.182. The van der Waals surface area contributed by atoms with E-state index in [2.05, 4.69) is 0 Å². The summed E-state index contributed by atoms with van der Waals surface area (Å²) in [6, 6.07) is 4.22. The molecule has 1 heterocycles. The minimum Gasteiger partial charge on any atom is -0.398 e. The van der Waals surface area contributed by atoms with E-state index in [-0.39, 0.29) is 24.3 Å². The normalized spacial score (nSPS) is 21.4. The van der Waals surface area contributed by atoms with Crippen molar-refractivity contribution in [1.82, 2.24) is 4.31 Å². The van der Waals surface area contributed by atoms with Crippen molar-refractivity contribution in [2.75, 3.05) is 18.8 Å². The number of alkyl halides is 3. The molecule has 8 heteroatoms. The highest BCUT2D eigenvalue weighted by atomic mass is 32.2. The molecular formula is C13H17F3N2O2S. The standard InChI is InChI=1S/C13H17F3N2O2S/c1-9-4-5-11(7-12(9)17)21(19,20)18-6-2-3-10(8-18)13(14,15)16/h4-5,7,10H,2-3,6,8,17H2,1H3. The number of nitrogen functional groups attached to an aromatic ring is 1. The van der Waals surface area contributed by atoms with Crippen LogP contribution in [0.4, 0.5) is 18.9 Å². The first-order chi connectivity index (χ1) is 9.62. The lowest BCUT2D eigenvalue weighted by atomic mass is 9.99. The smallest absolute Gasteiger partial charge is 0.393 e. The van der Waals surface area contributed by atoms with Gasteiger partial charge in [-0.15, -0.1) is 0 Å². The van der Waals surface area contributed by atoms with Crippen molar-refractivity contribution in [2.45, 2.75) is 30.8 Å². The van der Waals surface area contributed by atoms with Gasteiger partial charge < -0.3 is 5.73 Å². The van der Waals surface area contributed by atoms with Gasteiger partial charge in [0.1, 0.15) is 0 Å². The number of hydrogen-bond donors (Lipinski definition) is 1. The molecule has 0 spiro atoms. The molecule has 2 N–H and O–H groups in total. The predicted molar refractivity (Wildman–Crippen MR) is 73.1 cm³/mol. The van der Waals surface area contributed by atoms with E-state index >= 15 is 0 Å². The maximum atomic E-state index is 12.8. The molecule has 1 aliphatic rings. The molecule has 21 heavy (non-hydrogen) atoms. The second-order valence-electron chi connectivity index (χ2n) is 5.26. The summed E-state index contributed by atoms with van der Waals surface area (Å²) in [5, 5.41) is 0. The van der Waals surface area contributed by atoms with E-state index in [9.17, 15) is 21.6 Å². The molecule has 0 saturated carbocycles. The molecule has 1 saturated heterocycles. The second kappa shape index (κ2) is 5.49. The van der Waals surface area contributed by atoms with Gasteiger partial charge in [0.15, 0.2) is 0 Å². The van der Waals surface area contributed by atoms with E-state index in [1.54, 1.807) is 13.0 Å². The van der Waals surface area contributed by atoms with Crippen LogP contribution in [0.2, 0.25) is 0 Å². The zero-order valence-corrected chi connectivity index (χ0v) is 12.3. The Morgan fingerprint density at radius 1 is 1.33 bits per heavy atom. The monoisotopic (exact) mass is 322 g/mol. The highest BCUT2D eigenvalue weighted by molar-refractivity contribution is 7.89. The Balaban J connectivity index is 2.28. The van der Waals surface area contributed by atoms with Gasteiger partial charge in [-0.3, -0.25) is 0 Å². The van der Waals surface area contributed by atoms with Crippen molar-refractivity contribution < 1.29 is 21.6 Å². The molecule has 1 fully saturated rings. The first-order valence-electron chi connectivity index (χ1n) is 6.55. The minimum atomic E-state index is -4.37. The van der Waals surface area contributed by atoms with E-state index in [1.807, 2.05) is 0 Å². The number of anilines is 1. The maximum absolute atomic E-state index is 12.8. The third-order valence-corrected chi connectivity index (χ3v) is 5.60. The summed E-state index contributed by atoms with van der Waals surface area (Å²) < 4.78 is 64.1. The zero-order chi connectivity index (χ0) is 15.8. The molecule has 1 atom stereocenters. The SMILES string of the molecule is Cc1ccc(S(=O)(=O)N2CCCC(C(F)(F)F)C2)cc1N. The van der Waals surface area contributed by atoms with Crippen LogP contribution >= 0.6 is 0 Å². The largest absolute Gasteiger partial charge is 0.398 e. The van der Waals surface area contributed by atoms with E-state index < -0.39 is 28.7 Å². The summed E-state index contributed by atoms with van der Waals surface area (Å²) in [4.78, 5) is -0.0616. The summed E-state index contributed by atoms with van der Waals surface area (Å²) in [5.74, 6) is -1.61. The topological polar surface area (TPSA) is 63.4 Å². The molecule has 1 aliphatic heterocycles. The first-order valence-corrected chi connectivity index (χ1v) is 7.99. The van der Waals surface area contributed by atoms with Gasteiger partial charge >= 0.3 is 6.18 Å². The van der Waals surface area contributed by atoms with Crippen LogP contribution in [0.5, 0.6) is 0 Å². The predicted octanol–water partition coefficient (Wildman–Crippen LogP) is 2.54. The summed E-state index contributed by atoms with van der Waals surface area (Å²) in [6.07, 6.45) is -4.21. The Morgan fingerprint density at radius 2 is 2.00 bits per heavy atom. The Morgan fingerprint density at radius 3 is 2.57 bits per heavy atom. The third-order valence-electron chi connectivity index (χ3n) is 3.74. The van der Waals surface area contributed by atoms with Gasteiger partial charge in [-0.2, -0.15) is 17.5 Å². The molecule has 0 aliphatic carbocycles. The summed E-state index contributed by atoms with van der Waals surface area (Å²) in [6.45, 7) is 1.30.